The van der Waals surface area contributed by atoms with Gasteiger partial charge in [0.25, 0.3) is 0 Å². The largest absolute Gasteiger partial charge is 0.465 e. The summed E-state index contributed by atoms with van der Waals surface area (Å²) in [5.41, 5.74) is 0. The summed E-state index contributed by atoms with van der Waals surface area (Å²) in [7, 11) is 0. The number of rotatable bonds is 10. The monoisotopic (exact) mass is 228 g/mol. The van der Waals surface area contributed by atoms with Crippen LogP contribution in [0.2, 0.25) is 0 Å². The molecule has 0 spiro atoms. The van der Waals surface area contributed by atoms with E-state index in [-0.39, 0.29) is 5.97 Å². The summed E-state index contributed by atoms with van der Waals surface area (Å²) in [5.74, 6) is 0.490. The summed E-state index contributed by atoms with van der Waals surface area (Å²) >= 11 is 0. The number of unbranched alkanes of at least 4 members (excludes halogenated alkanes) is 4. The molecule has 0 fully saturated rings. The van der Waals surface area contributed by atoms with E-state index < -0.39 is 0 Å². The molecule has 0 saturated heterocycles. The van der Waals surface area contributed by atoms with Gasteiger partial charge in [-0.1, -0.05) is 52.9 Å². The lowest BCUT2D eigenvalue weighted by molar-refractivity contribution is -0.145. The van der Waals surface area contributed by atoms with Crippen LogP contribution in [0.1, 0.15) is 72.1 Å². The van der Waals surface area contributed by atoms with Gasteiger partial charge in [-0.2, -0.15) is 0 Å². The van der Waals surface area contributed by atoms with Crippen LogP contribution in [0.25, 0.3) is 0 Å². The average Bonchev–Trinajstić information content (AvgIpc) is 2.29. The van der Waals surface area contributed by atoms with E-state index in [2.05, 4.69) is 20.8 Å². The zero-order chi connectivity index (χ0) is 12.2. The fraction of sp³-hybridized carbons (Fsp3) is 0.929. The molecular formula is C14H28O2. The quantitative estimate of drug-likeness (QED) is 0.411. The van der Waals surface area contributed by atoms with E-state index in [1.165, 1.54) is 32.1 Å². The van der Waals surface area contributed by atoms with Crippen molar-refractivity contribution < 1.29 is 9.53 Å². The fourth-order valence-electron chi connectivity index (χ4n) is 1.63. The first-order valence-corrected chi connectivity index (χ1v) is 6.86. The van der Waals surface area contributed by atoms with Gasteiger partial charge in [0.1, 0.15) is 0 Å². The molecule has 16 heavy (non-hydrogen) atoms. The molecule has 0 aromatic rings. The highest BCUT2D eigenvalue weighted by Gasteiger charge is 2.06. The second kappa shape index (κ2) is 11.0. The van der Waals surface area contributed by atoms with Crippen LogP contribution in [-0.4, -0.2) is 12.6 Å². The molecule has 0 saturated carbocycles. The van der Waals surface area contributed by atoms with Gasteiger partial charge >= 0.3 is 5.97 Å². The predicted octanol–water partition coefficient (Wildman–Crippen LogP) is 4.33. The highest BCUT2D eigenvalue weighted by atomic mass is 16.5. The fourth-order valence-corrected chi connectivity index (χ4v) is 1.63. The number of hydrogen-bond donors (Lipinski definition) is 0. The van der Waals surface area contributed by atoms with Crippen LogP contribution < -0.4 is 0 Å². The molecule has 0 aliphatic rings. The van der Waals surface area contributed by atoms with Gasteiger partial charge < -0.3 is 4.74 Å². The van der Waals surface area contributed by atoms with E-state index in [0.29, 0.717) is 18.9 Å². The minimum atomic E-state index is -0.0257. The van der Waals surface area contributed by atoms with Gasteiger partial charge in [-0.25, -0.2) is 0 Å². The first kappa shape index (κ1) is 15.5. The average molecular weight is 228 g/mol. The normalized spacial score (nSPS) is 12.4. The van der Waals surface area contributed by atoms with Crippen molar-refractivity contribution in [2.75, 3.05) is 6.61 Å². The molecule has 0 aromatic carbocycles. The zero-order valence-electron chi connectivity index (χ0n) is 11.3. The van der Waals surface area contributed by atoms with Crippen LogP contribution in [0.5, 0.6) is 0 Å². The van der Waals surface area contributed by atoms with Gasteiger partial charge in [0.15, 0.2) is 0 Å². The predicted molar refractivity (Wildman–Crippen MR) is 68.4 cm³/mol. The SMILES string of the molecule is CCCCCCC(C)COC(=O)CCCC. The summed E-state index contributed by atoms with van der Waals surface area (Å²) in [4.78, 5) is 11.3. The molecule has 0 aromatic heterocycles. The van der Waals surface area contributed by atoms with Crippen LogP contribution in [0, 0.1) is 5.92 Å². The van der Waals surface area contributed by atoms with Crippen LogP contribution in [0.4, 0.5) is 0 Å². The highest BCUT2D eigenvalue weighted by molar-refractivity contribution is 5.69. The van der Waals surface area contributed by atoms with Crippen molar-refractivity contribution in [1.82, 2.24) is 0 Å². The molecule has 1 atom stereocenters. The van der Waals surface area contributed by atoms with Crippen molar-refractivity contribution in [2.24, 2.45) is 5.92 Å². The third kappa shape index (κ3) is 10.0. The van der Waals surface area contributed by atoms with E-state index in [9.17, 15) is 4.79 Å². The molecule has 96 valence electrons. The van der Waals surface area contributed by atoms with Crippen molar-refractivity contribution in [2.45, 2.75) is 72.1 Å². The Kier molecular flexibility index (Phi) is 10.6. The minimum Gasteiger partial charge on any atom is -0.465 e. The van der Waals surface area contributed by atoms with Crippen LogP contribution in [-0.2, 0) is 9.53 Å². The maximum absolute atomic E-state index is 11.3. The lowest BCUT2D eigenvalue weighted by Crippen LogP contribution is -2.11. The molecule has 0 heterocycles. The van der Waals surface area contributed by atoms with Crippen molar-refractivity contribution in [1.29, 1.82) is 0 Å². The standard InChI is InChI=1S/C14H28O2/c1-4-6-8-9-10-13(3)12-16-14(15)11-7-5-2/h13H,4-12H2,1-3H3. The number of carbonyl (C=O) groups is 1. The maximum atomic E-state index is 11.3. The molecule has 0 rings (SSSR count). The summed E-state index contributed by atoms with van der Waals surface area (Å²) in [6.45, 7) is 7.08. The van der Waals surface area contributed by atoms with E-state index in [1.54, 1.807) is 0 Å². The van der Waals surface area contributed by atoms with E-state index in [0.717, 1.165) is 12.8 Å². The van der Waals surface area contributed by atoms with Gasteiger partial charge in [-0.05, 0) is 18.8 Å². The Morgan fingerprint density at radius 1 is 1.06 bits per heavy atom. The first-order valence-electron chi connectivity index (χ1n) is 6.86. The van der Waals surface area contributed by atoms with Crippen LogP contribution in [0.3, 0.4) is 0 Å². The molecule has 0 amide bonds. The number of esters is 1. The van der Waals surface area contributed by atoms with Gasteiger partial charge in [-0.15, -0.1) is 0 Å². The molecule has 2 nitrogen and oxygen atoms in total. The summed E-state index contributed by atoms with van der Waals surface area (Å²) in [6.07, 6.45) is 8.95. The molecule has 0 radical (unpaired) electrons. The summed E-state index contributed by atoms with van der Waals surface area (Å²) in [5, 5.41) is 0. The topological polar surface area (TPSA) is 26.3 Å². The van der Waals surface area contributed by atoms with Crippen molar-refractivity contribution in [3.05, 3.63) is 0 Å². The second-order valence-corrected chi connectivity index (χ2v) is 4.74. The van der Waals surface area contributed by atoms with Crippen molar-refractivity contribution in [3.63, 3.8) is 0 Å². The molecule has 0 aliphatic carbocycles. The first-order chi connectivity index (χ1) is 7.70. The minimum absolute atomic E-state index is 0.0257. The molecule has 2 heteroatoms. The van der Waals surface area contributed by atoms with E-state index in [1.807, 2.05) is 0 Å². The van der Waals surface area contributed by atoms with Gasteiger partial charge in [-0.3, -0.25) is 4.79 Å². The van der Waals surface area contributed by atoms with Gasteiger partial charge in [0, 0.05) is 6.42 Å². The van der Waals surface area contributed by atoms with Gasteiger partial charge in [0.05, 0.1) is 6.61 Å². The van der Waals surface area contributed by atoms with Crippen LogP contribution >= 0.6 is 0 Å². The third-order valence-corrected chi connectivity index (χ3v) is 2.81. The van der Waals surface area contributed by atoms with Crippen molar-refractivity contribution in [3.8, 4) is 0 Å². The lowest BCUT2D eigenvalue weighted by Gasteiger charge is -2.11. The Morgan fingerprint density at radius 2 is 1.75 bits per heavy atom. The Hall–Kier alpha value is -0.530. The molecule has 0 N–H and O–H groups in total. The number of carbonyl (C=O) groups excluding carboxylic acids is 1. The van der Waals surface area contributed by atoms with Gasteiger partial charge in [0.2, 0.25) is 0 Å². The van der Waals surface area contributed by atoms with E-state index >= 15 is 0 Å². The molecule has 1 unspecified atom stereocenters. The Morgan fingerprint density at radius 3 is 2.38 bits per heavy atom. The Bertz CT molecular complexity index is 166. The lowest BCUT2D eigenvalue weighted by atomic mass is 10.0. The Balaban J connectivity index is 3.34. The highest BCUT2D eigenvalue weighted by Crippen LogP contribution is 2.11. The third-order valence-electron chi connectivity index (χ3n) is 2.81. The smallest absolute Gasteiger partial charge is 0.305 e. The Labute approximate surface area is 101 Å². The maximum Gasteiger partial charge on any atom is 0.305 e. The number of hydrogen-bond acceptors (Lipinski definition) is 2. The summed E-state index contributed by atoms with van der Waals surface area (Å²) in [6, 6.07) is 0. The van der Waals surface area contributed by atoms with E-state index in [4.69, 9.17) is 4.74 Å². The summed E-state index contributed by atoms with van der Waals surface area (Å²) < 4.78 is 5.22. The molecule has 0 bridgehead atoms. The second-order valence-electron chi connectivity index (χ2n) is 4.74. The molecule has 0 aliphatic heterocycles. The zero-order valence-corrected chi connectivity index (χ0v) is 11.3. The molecular weight excluding hydrogens is 200 g/mol. The van der Waals surface area contributed by atoms with Crippen LogP contribution in [0.15, 0.2) is 0 Å². The van der Waals surface area contributed by atoms with Crippen molar-refractivity contribution >= 4 is 5.97 Å². The number of ether oxygens (including phenoxy) is 1.